The van der Waals surface area contributed by atoms with Gasteiger partial charge in [-0.3, -0.25) is 4.79 Å². The Balaban J connectivity index is 1.27. The molecule has 0 amide bonds. The molecular formula is C35H37FO6S. The molecule has 0 radical (unpaired) electrons. The first kappa shape index (κ1) is 30.6. The molecule has 5 rings (SSSR count). The number of esters is 1. The molecule has 0 unspecified atom stereocenters. The Bertz CT molecular complexity index is 1620. The fourth-order valence-electron chi connectivity index (χ4n) is 5.78. The number of fused-ring (bicyclic) bond motifs is 3. The third-order valence-electron chi connectivity index (χ3n) is 8.29. The summed E-state index contributed by atoms with van der Waals surface area (Å²) in [5.74, 6) is 7.13. The Morgan fingerprint density at radius 2 is 1.65 bits per heavy atom. The van der Waals surface area contributed by atoms with E-state index < -0.39 is 9.84 Å². The minimum absolute atomic E-state index is 0.0758. The molecule has 2 aliphatic rings. The van der Waals surface area contributed by atoms with Crippen molar-refractivity contribution in [1.82, 2.24) is 0 Å². The van der Waals surface area contributed by atoms with Gasteiger partial charge < -0.3 is 14.2 Å². The second-order valence-corrected chi connectivity index (χ2v) is 13.6. The topological polar surface area (TPSA) is 78.9 Å². The lowest BCUT2D eigenvalue weighted by molar-refractivity contribution is -0.140. The van der Waals surface area contributed by atoms with Gasteiger partial charge >= 0.3 is 5.97 Å². The van der Waals surface area contributed by atoms with E-state index in [2.05, 4.69) is 17.9 Å². The van der Waals surface area contributed by atoms with E-state index in [1.807, 2.05) is 30.3 Å². The van der Waals surface area contributed by atoms with Crippen molar-refractivity contribution < 1.29 is 31.8 Å². The highest BCUT2D eigenvalue weighted by atomic mass is 32.2. The second kappa shape index (κ2) is 13.6. The van der Waals surface area contributed by atoms with Gasteiger partial charge in [0.2, 0.25) is 0 Å². The minimum Gasteiger partial charge on any atom is -0.493 e. The number of rotatable bonds is 9. The average Bonchev–Trinajstić information content (AvgIpc) is 3.17. The van der Waals surface area contributed by atoms with E-state index in [0.717, 1.165) is 52.8 Å². The quantitative estimate of drug-likeness (QED) is 0.207. The van der Waals surface area contributed by atoms with Gasteiger partial charge in [0.25, 0.3) is 0 Å². The lowest BCUT2D eigenvalue weighted by Crippen LogP contribution is -2.26. The average molecular weight is 605 g/mol. The maximum atomic E-state index is 15.2. The molecular weight excluding hydrogens is 567 g/mol. The number of aryl methyl sites for hydroxylation is 2. The van der Waals surface area contributed by atoms with Crippen LogP contribution in [0.4, 0.5) is 4.39 Å². The number of benzene rings is 3. The van der Waals surface area contributed by atoms with E-state index in [-0.39, 0.29) is 48.2 Å². The fourth-order valence-corrected chi connectivity index (χ4v) is 7.37. The van der Waals surface area contributed by atoms with Crippen molar-refractivity contribution in [3.05, 3.63) is 82.7 Å². The summed E-state index contributed by atoms with van der Waals surface area (Å²) in [6.45, 7) is 2.32. The van der Waals surface area contributed by atoms with Crippen molar-refractivity contribution in [3.63, 3.8) is 0 Å². The minimum atomic E-state index is -2.89. The van der Waals surface area contributed by atoms with Crippen LogP contribution in [-0.2, 0) is 38.8 Å². The first-order chi connectivity index (χ1) is 20.7. The molecule has 3 aromatic rings. The van der Waals surface area contributed by atoms with Crippen molar-refractivity contribution in [2.24, 2.45) is 5.92 Å². The van der Waals surface area contributed by atoms with Gasteiger partial charge in [0.05, 0.1) is 37.6 Å². The predicted molar refractivity (Wildman–Crippen MR) is 164 cm³/mol. The highest BCUT2D eigenvalue weighted by Gasteiger charge is 2.24. The molecule has 226 valence electrons. The zero-order valence-corrected chi connectivity index (χ0v) is 25.5. The number of sulfone groups is 1. The molecule has 1 aliphatic carbocycles. The van der Waals surface area contributed by atoms with Gasteiger partial charge in [-0.25, -0.2) is 12.8 Å². The van der Waals surface area contributed by atoms with E-state index in [1.54, 1.807) is 25.1 Å². The Morgan fingerprint density at radius 1 is 0.953 bits per heavy atom. The smallest absolute Gasteiger partial charge is 0.307 e. The highest BCUT2D eigenvalue weighted by molar-refractivity contribution is 7.91. The van der Waals surface area contributed by atoms with Crippen molar-refractivity contribution in [3.8, 4) is 34.5 Å². The van der Waals surface area contributed by atoms with E-state index in [4.69, 9.17) is 14.2 Å². The van der Waals surface area contributed by atoms with Crippen molar-refractivity contribution in [1.29, 1.82) is 0 Å². The summed E-state index contributed by atoms with van der Waals surface area (Å²) in [5.41, 5.74) is 5.58. The van der Waals surface area contributed by atoms with Crippen LogP contribution in [-0.4, -0.2) is 39.6 Å². The molecule has 0 N–H and O–H groups in total. The van der Waals surface area contributed by atoms with Crippen molar-refractivity contribution in [2.75, 3.05) is 25.2 Å². The maximum absolute atomic E-state index is 15.2. The van der Waals surface area contributed by atoms with Crippen LogP contribution in [0.25, 0.3) is 11.1 Å². The molecule has 43 heavy (non-hydrogen) atoms. The normalized spacial score (nSPS) is 16.4. The Morgan fingerprint density at radius 3 is 2.35 bits per heavy atom. The Kier molecular flexibility index (Phi) is 9.72. The van der Waals surface area contributed by atoms with Crippen molar-refractivity contribution >= 4 is 15.8 Å². The zero-order valence-electron chi connectivity index (χ0n) is 24.7. The number of carbonyl (C=O) groups is 1. The number of carbonyl (C=O) groups excluding carboxylic acids is 1. The monoisotopic (exact) mass is 604 g/mol. The molecule has 1 saturated heterocycles. The van der Waals surface area contributed by atoms with Crippen LogP contribution in [0.15, 0.2) is 54.6 Å². The number of halogens is 1. The van der Waals surface area contributed by atoms with Crippen LogP contribution in [0.3, 0.4) is 0 Å². The largest absolute Gasteiger partial charge is 0.493 e. The number of methoxy groups -OCH3 is 1. The Hall–Kier alpha value is -3.83. The summed E-state index contributed by atoms with van der Waals surface area (Å²) >= 11 is 0. The SMILES string of the molecule is CC#C[C@@H](CC(=O)OC)c1ccc(OCc2cc3c(cc2F)CCCc2cc(OCC4CCS(=O)(=O)CC4)ccc2-3)cc1. The summed E-state index contributed by atoms with van der Waals surface area (Å²) in [4.78, 5) is 11.8. The summed E-state index contributed by atoms with van der Waals surface area (Å²) < 4.78 is 55.5. The molecule has 1 fully saturated rings. The van der Waals surface area contributed by atoms with Crippen LogP contribution in [0.1, 0.15) is 60.8 Å². The predicted octanol–water partition coefficient (Wildman–Crippen LogP) is 6.43. The van der Waals surface area contributed by atoms with Gasteiger partial charge in [0, 0.05) is 5.56 Å². The van der Waals surface area contributed by atoms with Gasteiger partial charge in [0.1, 0.15) is 33.8 Å². The molecule has 1 atom stereocenters. The van der Waals surface area contributed by atoms with Gasteiger partial charge in [-0.2, -0.15) is 0 Å². The third kappa shape index (κ3) is 7.77. The van der Waals surface area contributed by atoms with Crippen LogP contribution in [0.5, 0.6) is 11.5 Å². The zero-order chi connectivity index (χ0) is 30.4. The highest BCUT2D eigenvalue weighted by Crippen LogP contribution is 2.36. The van der Waals surface area contributed by atoms with Gasteiger partial charge in [-0.15, -0.1) is 5.92 Å². The number of ether oxygens (including phenoxy) is 3. The molecule has 8 heteroatoms. The molecule has 0 aromatic heterocycles. The van der Waals surface area contributed by atoms with Crippen molar-refractivity contribution in [2.45, 2.75) is 58.0 Å². The maximum Gasteiger partial charge on any atom is 0.307 e. The second-order valence-electron chi connectivity index (χ2n) is 11.3. The van der Waals surface area contributed by atoms with E-state index in [0.29, 0.717) is 30.8 Å². The summed E-state index contributed by atoms with van der Waals surface area (Å²) in [7, 11) is -1.53. The third-order valence-corrected chi connectivity index (χ3v) is 10.0. The first-order valence-corrected chi connectivity index (χ1v) is 16.6. The molecule has 1 heterocycles. The summed E-state index contributed by atoms with van der Waals surface area (Å²) in [6, 6.07) is 16.9. The van der Waals surface area contributed by atoms with Crippen LogP contribution < -0.4 is 9.47 Å². The van der Waals surface area contributed by atoms with E-state index in [9.17, 15) is 13.2 Å². The lowest BCUT2D eigenvalue weighted by atomic mass is 9.94. The molecule has 0 spiro atoms. The summed E-state index contributed by atoms with van der Waals surface area (Å²) in [5, 5.41) is 0. The molecule has 0 bridgehead atoms. The molecule has 3 aromatic carbocycles. The van der Waals surface area contributed by atoms with Gasteiger partial charge in [-0.1, -0.05) is 24.1 Å². The van der Waals surface area contributed by atoms with Crippen LogP contribution >= 0.6 is 0 Å². The van der Waals surface area contributed by atoms with E-state index in [1.165, 1.54) is 7.11 Å². The molecule has 0 saturated carbocycles. The molecule has 1 aliphatic heterocycles. The number of hydrogen-bond donors (Lipinski definition) is 0. The molecule has 6 nitrogen and oxygen atoms in total. The first-order valence-electron chi connectivity index (χ1n) is 14.7. The lowest BCUT2D eigenvalue weighted by Gasteiger charge is -2.22. The summed E-state index contributed by atoms with van der Waals surface area (Å²) in [6.07, 6.45) is 4.01. The number of hydrogen-bond acceptors (Lipinski definition) is 6. The standard InChI is InChI=1S/C35H37FO6S/c1-3-5-26(21-35(37)40-2)25-8-10-30(11-9-25)42-23-29-19-33-28(20-34(29)36)7-4-6-27-18-31(12-13-32(27)33)41-22-24-14-16-43(38,39)17-15-24/h8-13,18-20,24,26H,4,6-7,14-17,21-23H2,1-2H3/t26-/m0/s1. The van der Waals surface area contributed by atoms with Crippen LogP contribution in [0.2, 0.25) is 0 Å². The fraction of sp³-hybridized carbons (Fsp3) is 0.400. The van der Waals surface area contributed by atoms with E-state index >= 15 is 4.39 Å². The van der Waals surface area contributed by atoms with Crippen LogP contribution in [0, 0.1) is 23.6 Å². The Labute approximate surface area is 253 Å². The van der Waals surface area contributed by atoms with Gasteiger partial charge in [0.15, 0.2) is 0 Å². The van der Waals surface area contributed by atoms with Gasteiger partial charge in [-0.05, 0) is 109 Å².